The highest BCUT2D eigenvalue weighted by atomic mass is 32.2. The van der Waals surface area contributed by atoms with E-state index in [1.807, 2.05) is 12.1 Å². The lowest BCUT2D eigenvalue weighted by Crippen LogP contribution is -2.18. The Morgan fingerprint density at radius 3 is 2.61 bits per heavy atom. The van der Waals surface area contributed by atoms with Gasteiger partial charge in [0.25, 0.3) is 0 Å². The minimum Gasteiger partial charge on any atom is -0.390 e. The number of nitrogens with zero attached hydrogens (tertiary/aromatic N) is 4. The molecule has 0 fully saturated rings. The standard InChI is InChI=1S/C20H23FN4O2S/c1-14(2)15-7-9-17(10-8-15)25-20(22-23-24-25)28-13-18(26)12-27-11-16-5-3-4-6-19(16)21/h3-10,14,18,26H,11-13H2,1-2H3/t18-/m0/s1. The van der Waals surface area contributed by atoms with Gasteiger partial charge < -0.3 is 9.84 Å². The summed E-state index contributed by atoms with van der Waals surface area (Å²) in [6, 6.07) is 14.5. The predicted molar refractivity (Wildman–Crippen MR) is 106 cm³/mol. The zero-order chi connectivity index (χ0) is 19.9. The Balaban J connectivity index is 1.51. The highest BCUT2D eigenvalue weighted by molar-refractivity contribution is 7.99. The number of hydrogen-bond acceptors (Lipinski definition) is 6. The molecule has 8 heteroatoms. The predicted octanol–water partition coefficient (Wildman–Crippen LogP) is 3.59. The molecule has 1 N–H and O–H groups in total. The molecule has 0 unspecified atom stereocenters. The van der Waals surface area contributed by atoms with Crippen molar-refractivity contribution >= 4 is 11.8 Å². The third kappa shape index (κ3) is 5.37. The Morgan fingerprint density at radius 1 is 1.14 bits per heavy atom. The van der Waals surface area contributed by atoms with Crippen LogP contribution in [-0.2, 0) is 11.3 Å². The summed E-state index contributed by atoms with van der Waals surface area (Å²) in [7, 11) is 0. The molecule has 0 aliphatic rings. The molecule has 0 saturated heterocycles. The Hall–Kier alpha value is -2.29. The average molecular weight is 402 g/mol. The molecule has 3 aromatic rings. The molecule has 2 aromatic carbocycles. The van der Waals surface area contributed by atoms with Crippen LogP contribution in [0.3, 0.4) is 0 Å². The third-order valence-electron chi connectivity index (χ3n) is 4.18. The van der Waals surface area contributed by atoms with Crippen molar-refractivity contribution in [1.82, 2.24) is 20.2 Å². The van der Waals surface area contributed by atoms with Crippen LogP contribution >= 0.6 is 11.8 Å². The van der Waals surface area contributed by atoms with Gasteiger partial charge in [0.15, 0.2) is 0 Å². The maximum absolute atomic E-state index is 13.6. The minimum atomic E-state index is -0.717. The fourth-order valence-electron chi connectivity index (χ4n) is 2.57. The monoisotopic (exact) mass is 402 g/mol. The van der Waals surface area contributed by atoms with Crippen LogP contribution in [0.4, 0.5) is 4.39 Å². The summed E-state index contributed by atoms with van der Waals surface area (Å²) in [5.74, 6) is 0.507. The van der Waals surface area contributed by atoms with E-state index in [0.29, 0.717) is 22.4 Å². The van der Waals surface area contributed by atoms with E-state index in [9.17, 15) is 9.50 Å². The number of tetrazole rings is 1. The Bertz CT molecular complexity index is 886. The summed E-state index contributed by atoms with van der Waals surface area (Å²) < 4.78 is 20.6. The van der Waals surface area contributed by atoms with Gasteiger partial charge in [-0.3, -0.25) is 0 Å². The van der Waals surface area contributed by atoms with Crippen molar-refractivity contribution in [1.29, 1.82) is 0 Å². The normalized spacial score (nSPS) is 12.5. The number of rotatable bonds is 9. The van der Waals surface area contributed by atoms with Crippen LogP contribution < -0.4 is 0 Å². The topological polar surface area (TPSA) is 73.1 Å². The highest BCUT2D eigenvalue weighted by Gasteiger charge is 2.13. The van der Waals surface area contributed by atoms with E-state index in [1.54, 1.807) is 22.9 Å². The van der Waals surface area contributed by atoms with Crippen LogP contribution in [0.25, 0.3) is 5.69 Å². The second-order valence-corrected chi connectivity index (χ2v) is 7.68. The Morgan fingerprint density at radius 2 is 1.89 bits per heavy atom. The Kier molecular flexibility index (Phi) is 7.13. The lowest BCUT2D eigenvalue weighted by molar-refractivity contribution is 0.0386. The third-order valence-corrected chi connectivity index (χ3v) is 5.24. The van der Waals surface area contributed by atoms with Crippen LogP contribution in [0.5, 0.6) is 0 Å². The van der Waals surface area contributed by atoms with Gasteiger partial charge >= 0.3 is 0 Å². The molecule has 6 nitrogen and oxygen atoms in total. The van der Waals surface area contributed by atoms with E-state index in [0.717, 1.165) is 5.69 Å². The van der Waals surface area contributed by atoms with E-state index >= 15 is 0 Å². The zero-order valence-electron chi connectivity index (χ0n) is 15.8. The molecule has 3 rings (SSSR count). The van der Waals surface area contributed by atoms with Gasteiger partial charge in [0.1, 0.15) is 5.82 Å². The number of ether oxygens (including phenoxy) is 1. The van der Waals surface area contributed by atoms with E-state index < -0.39 is 6.10 Å². The molecule has 148 valence electrons. The molecular formula is C20H23FN4O2S. The molecule has 0 amide bonds. The van der Waals surface area contributed by atoms with E-state index in [-0.39, 0.29) is 19.0 Å². The fourth-order valence-corrected chi connectivity index (χ4v) is 3.37. The first kappa shape index (κ1) is 20.4. The van der Waals surface area contributed by atoms with Crippen molar-refractivity contribution in [3.05, 3.63) is 65.5 Å². The second kappa shape index (κ2) is 9.77. The summed E-state index contributed by atoms with van der Waals surface area (Å²) in [6.07, 6.45) is -0.717. The first-order valence-corrected chi connectivity index (χ1v) is 10.0. The smallest absolute Gasteiger partial charge is 0.214 e. The van der Waals surface area contributed by atoms with Crippen molar-refractivity contribution < 1.29 is 14.2 Å². The molecule has 1 aromatic heterocycles. The average Bonchev–Trinajstić information content (AvgIpc) is 3.16. The molecule has 1 heterocycles. The van der Waals surface area contributed by atoms with Crippen molar-refractivity contribution in [3.63, 3.8) is 0 Å². The first-order chi connectivity index (χ1) is 13.5. The van der Waals surface area contributed by atoms with Gasteiger partial charge in [-0.05, 0) is 40.1 Å². The van der Waals surface area contributed by atoms with Gasteiger partial charge in [-0.1, -0.05) is 55.9 Å². The molecule has 0 aliphatic heterocycles. The number of thioether (sulfide) groups is 1. The molecule has 1 atom stereocenters. The summed E-state index contributed by atoms with van der Waals surface area (Å²) in [6.45, 7) is 4.51. The molecule has 28 heavy (non-hydrogen) atoms. The maximum Gasteiger partial charge on any atom is 0.214 e. The quantitative estimate of drug-likeness (QED) is 0.552. The van der Waals surface area contributed by atoms with Gasteiger partial charge in [0.05, 0.1) is 25.0 Å². The van der Waals surface area contributed by atoms with Crippen molar-refractivity contribution in [2.24, 2.45) is 0 Å². The highest BCUT2D eigenvalue weighted by Crippen LogP contribution is 2.21. The lowest BCUT2D eigenvalue weighted by atomic mass is 10.0. The number of aromatic nitrogens is 4. The van der Waals surface area contributed by atoms with Crippen LogP contribution in [0.15, 0.2) is 53.7 Å². The fraction of sp³-hybridized carbons (Fsp3) is 0.350. The largest absolute Gasteiger partial charge is 0.390 e. The number of halogens is 1. The van der Waals surface area contributed by atoms with Crippen molar-refractivity contribution in [3.8, 4) is 5.69 Å². The summed E-state index contributed by atoms with van der Waals surface area (Å²) in [4.78, 5) is 0. The van der Waals surface area contributed by atoms with Crippen LogP contribution in [0.1, 0.15) is 30.9 Å². The van der Waals surface area contributed by atoms with Crippen LogP contribution in [0.2, 0.25) is 0 Å². The van der Waals surface area contributed by atoms with Gasteiger partial charge in [0, 0.05) is 11.3 Å². The summed E-state index contributed by atoms with van der Waals surface area (Å²) >= 11 is 1.34. The maximum atomic E-state index is 13.6. The zero-order valence-corrected chi connectivity index (χ0v) is 16.6. The van der Waals surface area contributed by atoms with Gasteiger partial charge in [0.2, 0.25) is 5.16 Å². The van der Waals surface area contributed by atoms with Crippen molar-refractivity contribution in [2.75, 3.05) is 12.4 Å². The number of hydrogen-bond donors (Lipinski definition) is 1. The molecule has 0 bridgehead atoms. The van der Waals surface area contributed by atoms with Crippen molar-refractivity contribution in [2.45, 2.75) is 37.6 Å². The van der Waals surface area contributed by atoms with Gasteiger partial charge in [-0.25, -0.2) is 4.39 Å². The van der Waals surface area contributed by atoms with Gasteiger partial charge in [-0.2, -0.15) is 4.68 Å². The number of benzene rings is 2. The summed E-state index contributed by atoms with van der Waals surface area (Å²) in [5, 5.41) is 22.5. The Labute approximate surface area is 167 Å². The van der Waals surface area contributed by atoms with Crippen LogP contribution in [-0.4, -0.2) is 43.8 Å². The lowest BCUT2D eigenvalue weighted by Gasteiger charge is -2.11. The molecular weight excluding hydrogens is 379 g/mol. The SMILES string of the molecule is CC(C)c1ccc(-n2nnnc2SC[C@@H](O)COCc2ccccc2F)cc1. The molecule has 0 radical (unpaired) electrons. The van der Waals surface area contributed by atoms with Gasteiger partial charge in [-0.15, -0.1) is 5.10 Å². The molecule has 0 saturated carbocycles. The first-order valence-electron chi connectivity index (χ1n) is 9.05. The number of aliphatic hydroxyl groups is 1. The van der Waals surface area contributed by atoms with Crippen LogP contribution in [0, 0.1) is 5.82 Å². The number of aliphatic hydroxyl groups excluding tert-OH is 1. The molecule has 0 spiro atoms. The van der Waals surface area contributed by atoms with E-state index in [1.165, 1.54) is 23.4 Å². The second-order valence-electron chi connectivity index (χ2n) is 6.69. The van der Waals surface area contributed by atoms with E-state index in [4.69, 9.17) is 4.74 Å². The van der Waals surface area contributed by atoms with E-state index in [2.05, 4.69) is 41.5 Å². The minimum absolute atomic E-state index is 0.103. The molecule has 0 aliphatic carbocycles. The summed E-state index contributed by atoms with van der Waals surface area (Å²) in [5.41, 5.74) is 2.58.